The summed E-state index contributed by atoms with van der Waals surface area (Å²) in [5.74, 6) is 0.294. The van der Waals surface area contributed by atoms with Gasteiger partial charge in [-0.15, -0.1) is 0 Å². The minimum Gasteiger partial charge on any atom is -0.507 e. The van der Waals surface area contributed by atoms with E-state index in [1.54, 1.807) is 0 Å². The molecule has 0 aliphatic rings. The van der Waals surface area contributed by atoms with E-state index in [4.69, 9.17) is 0 Å². The molecule has 0 atom stereocenters. The van der Waals surface area contributed by atoms with Crippen molar-refractivity contribution in [3.05, 3.63) is 46.6 Å². The van der Waals surface area contributed by atoms with E-state index in [-0.39, 0.29) is 0 Å². The van der Waals surface area contributed by atoms with E-state index in [2.05, 4.69) is 18.5 Å². The summed E-state index contributed by atoms with van der Waals surface area (Å²) in [4.78, 5) is 10.8. The predicted octanol–water partition coefficient (Wildman–Crippen LogP) is 3.81. The van der Waals surface area contributed by atoms with Crippen molar-refractivity contribution >= 4 is 12.1 Å². The zero-order valence-electron chi connectivity index (χ0n) is 12.8. The maximum Gasteiger partial charge on any atom is 0.211 e. The van der Waals surface area contributed by atoms with Crippen molar-refractivity contribution in [2.75, 3.05) is 5.32 Å². The molecule has 0 saturated heterocycles. The van der Waals surface area contributed by atoms with Gasteiger partial charge >= 0.3 is 0 Å². The summed E-state index contributed by atoms with van der Waals surface area (Å²) >= 11 is 0. The molecule has 1 aromatic rings. The van der Waals surface area contributed by atoms with Gasteiger partial charge in [-0.2, -0.15) is 0 Å². The second-order valence-corrected chi connectivity index (χ2v) is 5.46. The van der Waals surface area contributed by atoms with Crippen LogP contribution in [0.5, 0.6) is 5.75 Å². The third-order valence-electron chi connectivity index (χ3n) is 3.39. The van der Waals surface area contributed by atoms with Gasteiger partial charge in [-0.25, -0.2) is 0 Å². The molecule has 1 aromatic carbocycles. The molecule has 2 N–H and O–H groups in total. The molecule has 1 amide bonds. The Morgan fingerprint density at radius 2 is 1.50 bits per heavy atom. The highest BCUT2D eigenvalue weighted by Gasteiger charge is 2.19. The molecular weight excluding hydrogens is 250 g/mol. The molecule has 0 aliphatic carbocycles. The molecule has 1 rings (SSSR count). The van der Waals surface area contributed by atoms with Gasteiger partial charge in [0.1, 0.15) is 5.75 Å². The lowest BCUT2D eigenvalue weighted by Gasteiger charge is -2.20. The first-order chi connectivity index (χ1) is 9.29. The van der Waals surface area contributed by atoms with Crippen LogP contribution in [-0.4, -0.2) is 11.5 Å². The Morgan fingerprint density at radius 1 is 1.10 bits per heavy atom. The number of amides is 1. The van der Waals surface area contributed by atoms with Crippen molar-refractivity contribution in [1.29, 1.82) is 0 Å². The van der Waals surface area contributed by atoms with Crippen molar-refractivity contribution < 1.29 is 9.90 Å². The molecule has 0 aromatic heterocycles. The van der Waals surface area contributed by atoms with Crippen LogP contribution in [0.3, 0.4) is 0 Å². The topological polar surface area (TPSA) is 49.3 Å². The fourth-order valence-corrected chi connectivity index (χ4v) is 2.43. The average Bonchev–Trinajstić information content (AvgIpc) is 2.35. The molecule has 0 radical (unpaired) electrons. The molecule has 0 aliphatic heterocycles. The van der Waals surface area contributed by atoms with Crippen molar-refractivity contribution in [3.63, 3.8) is 0 Å². The maximum atomic E-state index is 10.8. The average molecular weight is 273 g/mol. The molecule has 20 heavy (non-hydrogen) atoms. The fraction of sp³-hybridized carbons (Fsp3) is 0.353. The van der Waals surface area contributed by atoms with Crippen molar-refractivity contribution in [2.24, 2.45) is 0 Å². The molecular formula is C17H23NO2. The molecule has 108 valence electrons. The van der Waals surface area contributed by atoms with Gasteiger partial charge in [0.2, 0.25) is 6.41 Å². The van der Waals surface area contributed by atoms with E-state index in [1.165, 1.54) is 0 Å². The van der Waals surface area contributed by atoms with Crippen LogP contribution in [0, 0.1) is 13.8 Å². The van der Waals surface area contributed by atoms with Gasteiger partial charge in [0, 0.05) is 16.8 Å². The molecule has 3 nitrogen and oxygen atoms in total. The minimum atomic E-state index is 0.294. The highest BCUT2D eigenvalue weighted by molar-refractivity contribution is 5.79. The summed E-state index contributed by atoms with van der Waals surface area (Å²) in [5, 5.41) is 13.3. The van der Waals surface area contributed by atoms with Gasteiger partial charge < -0.3 is 10.4 Å². The number of phenols is 1. The number of benzene rings is 1. The summed E-state index contributed by atoms with van der Waals surface area (Å²) < 4.78 is 0. The summed E-state index contributed by atoms with van der Waals surface area (Å²) in [6.45, 7) is 15.5. The Morgan fingerprint density at radius 3 is 1.80 bits per heavy atom. The van der Waals surface area contributed by atoms with Crippen LogP contribution in [0.4, 0.5) is 5.69 Å². The molecule has 0 unspecified atom stereocenters. The quantitative estimate of drug-likeness (QED) is 0.470. The maximum absolute atomic E-state index is 10.8. The lowest BCUT2D eigenvalue weighted by atomic mass is 9.90. The van der Waals surface area contributed by atoms with Crippen LogP contribution in [0.25, 0.3) is 0 Å². The highest BCUT2D eigenvalue weighted by Crippen LogP contribution is 2.38. The van der Waals surface area contributed by atoms with E-state index in [9.17, 15) is 9.90 Å². The van der Waals surface area contributed by atoms with Crippen LogP contribution >= 0.6 is 0 Å². The van der Waals surface area contributed by atoms with Crippen LogP contribution in [0.1, 0.15) is 36.1 Å². The third-order valence-corrected chi connectivity index (χ3v) is 3.39. The fourth-order valence-electron chi connectivity index (χ4n) is 2.43. The highest BCUT2D eigenvalue weighted by atomic mass is 16.3. The monoisotopic (exact) mass is 273 g/mol. The lowest BCUT2D eigenvalue weighted by Crippen LogP contribution is -2.07. The van der Waals surface area contributed by atoms with Crippen LogP contribution in [0.15, 0.2) is 24.3 Å². The largest absolute Gasteiger partial charge is 0.507 e. The number of allylic oxidation sites excluding steroid dienone is 2. The van der Waals surface area contributed by atoms with Crippen LogP contribution in [-0.2, 0) is 17.6 Å². The molecule has 3 heteroatoms. The number of carbonyl (C=O) groups excluding carboxylic acids is 1. The number of hydrogen-bond donors (Lipinski definition) is 2. The summed E-state index contributed by atoms with van der Waals surface area (Å²) in [6, 6.07) is 0. The molecule has 0 bridgehead atoms. The van der Waals surface area contributed by atoms with E-state index in [0.29, 0.717) is 25.0 Å². The zero-order chi connectivity index (χ0) is 15.4. The van der Waals surface area contributed by atoms with Gasteiger partial charge in [-0.3, -0.25) is 4.79 Å². The minimum absolute atomic E-state index is 0.294. The Bertz CT molecular complexity index is 528. The first-order valence-electron chi connectivity index (χ1n) is 6.62. The van der Waals surface area contributed by atoms with Crippen molar-refractivity contribution in [1.82, 2.24) is 0 Å². The van der Waals surface area contributed by atoms with Crippen molar-refractivity contribution in [3.8, 4) is 5.75 Å². The Kier molecular flexibility index (Phi) is 5.14. The van der Waals surface area contributed by atoms with E-state index >= 15 is 0 Å². The number of carbonyl (C=O) groups is 1. The Hall–Kier alpha value is -2.03. The summed E-state index contributed by atoms with van der Waals surface area (Å²) in [6.07, 6.45) is 1.85. The normalized spacial score (nSPS) is 10.2. The van der Waals surface area contributed by atoms with Gasteiger partial charge in [0.05, 0.1) is 0 Å². The number of phenolic OH excluding ortho intramolecular Hbond substituents is 1. The molecule has 0 heterocycles. The number of rotatable bonds is 6. The SMILES string of the molecule is C=C(C)Cc1c(C)c(NC=O)c(C)c(CC(=C)C)c1O. The first kappa shape index (κ1) is 16.0. The van der Waals surface area contributed by atoms with Gasteiger partial charge in [0.15, 0.2) is 0 Å². The second-order valence-electron chi connectivity index (χ2n) is 5.46. The van der Waals surface area contributed by atoms with E-state index in [1.807, 2.05) is 27.7 Å². The molecule has 0 fully saturated rings. The Labute approximate surface area is 121 Å². The predicted molar refractivity (Wildman–Crippen MR) is 84.3 cm³/mol. The molecule has 0 saturated carbocycles. The molecule has 0 spiro atoms. The van der Waals surface area contributed by atoms with Gasteiger partial charge in [-0.1, -0.05) is 24.3 Å². The number of nitrogens with one attached hydrogen (secondary N) is 1. The third kappa shape index (κ3) is 3.29. The van der Waals surface area contributed by atoms with Crippen molar-refractivity contribution in [2.45, 2.75) is 40.5 Å². The Balaban J connectivity index is 3.58. The first-order valence-corrected chi connectivity index (χ1v) is 6.62. The van der Waals surface area contributed by atoms with Gasteiger partial charge in [0.25, 0.3) is 0 Å². The zero-order valence-corrected chi connectivity index (χ0v) is 12.8. The lowest BCUT2D eigenvalue weighted by molar-refractivity contribution is -0.105. The number of aromatic hydroxyl groups is 1. The van der Waals surface area contributed by atoms with Crippen LogP contribution < -0.4 is 5.32 Å². The summed E-state index contributed by atoms with van der Waals surface area (Å²) in [7, 11) is 0. The van der Waals surface area contributed by atoms with Gasteiger partial charge in [-0.05, 0) is 51.7 Å². The standard InChI is InChI=1S/C17H23NO2/c1-10(2)7-14-12(5)16(18-9-19)13(6)15(17(14)20)8-11(3)4/h9,20H,1,3,7-8H2,2,4-6H3,(H,18,19). The summed E-state index contributed by atoms with van der Waals surface area (Å²) in [5.41, 5.74) is 6.12. The van der Waals surface area contributed by atoms with E-state index < -0.39 is 0 Å². The van der Waals surface area contributed by atoms with E-state index in [0.717, 1.165) is 39.1 Å². The smallest absolute Gasteiger partial charge is 0.211 e. The van der Waals surface area contributed by atoms with Crippen LogP contribution in [0.2, 0.25) is 0 Å². The second kappa shape index (κ2) is 6.42. The number of anilines is 1. The number of hydrogen-bond acceptors (Lipinski definition) is 2.